The molecular formula is C17H27ClN2OS. The second kappa shape index (κ2) is 10.9. The summed E-state index contributed by atoms with van der Waals surface area (Å²) in [7, 11) is 0. The third-order valence-electron chi connectivity index (χ3n) is 3.82. The molecule has 124 valence electrons. The van der Waals surface area contributed by atoms with Gasteiger partial charge in [-0.05, 0) is 24.9 Å². The SMILES string of the molecule is CCCCN[C@@H](Cc1ccccc1)C(=O)N1CCSCC1.Cl. The van der Waals surface area contributed by atoms with Gasteiger partial charge in [-0.1, -0.05) is 43.7 Å². The van der Waals surface area contributed by atoms with E-state index >= 15 is 0 Å². The highest BCUT2D eigenvalue weighted by atomic mass is 35.5. The topological polar surface area (TPSA) is 32.3 Å². The van der Waals surface area contributed by atoms with E-state index in [1.165, 1.54) is 5.56 Å². The zero-order chi connectivity index (χ0) is 14.9. The fourth-order valence-corrected chi connectivity index (χ4v) is 3.46. The van der Waals surface area contributed by atoms with Gasteiger partial charge in [0.15, 0.2) is 0 Å². The van der Waals surface area contributed by atoms with Crippen molar-refractivity contribution in [2.24, 2.45) is 0 Å². The zero-order valence-corrected chi connectivity index (χ0v) is 14.9. The lowest BCUT2D eigenvalue weighted by Gasteiger charge is -2.30. The monoisotopic (exact) mass is 342 g/mol. The highest BCUT2D eigenvalue weighted by molar-refractivity contribution is 7.99. The molecular weight excluding hydrogens is 316 g/mol. The summed E-state index contributed by atoms with van der Waals surface area (Å²) in [5.41, 5.74) is 1.23. The smallest absolute Gasteiger partial charge is 0.240 e. The molecule has 0 spiro atoms. The summed E-state index contributed by atoms with van der Waals surface area (Å²) in [4.78, 5) is 14.8. The van der Waals surface area contributed by atoms with E-state index in [0.717, 1.165) is 50.4 Å². The molecule has 1 aliphatic heterocycles. The lowest BCUT2D eigenvalue weighted by atomic mass is 10.0. The number of benzene rings is 1. The molecule has 5 heteroatoms. The molecule has 1 heterocycles. The van der Waals surface area contributed by atoms with Crippen LogP contribution in [0.5, 0.6) is 0 Å². The second-order valence-electron chi connectivity index (χ2n) is 5.49. The van der Waals surface area contributed by atoms with Gasteiger partial charge in [-0.3, -0.25) is 4.79 Å². The number of hydrogen-bond acceptors (Lipinski definition) is 3. The van der Waals surface area contributed by atoms with Crippen LogP contribution in [0, 0.1) is 0 Å². The van der Waals surface area contributed by atoms with Gasteiger partial charge in [0, 0.05) is 24.6 Å². The van der Waals surface area contributed by atoms with Crippen molar-refractivity contribution in [2.75, 3.05) is 31.1 Å². The van der Waals surface area contributed by atoms with Crippen molar-refractivity contribution in [1.29, 1.82) is 0 Å². The average molecular weight is 343 g/mol. The summed E-state index contributed by atoms with van der Waals surface area (Å²) in [6.07, 6.45) is 3.06. The number of unbranched alkanes of at least 4 members (excludes halogenated alkanes) is 1. The summed E-state index contributed by atoms with van der Waals surface area (Å²) in [5.74, 6) is 2.41. The lowest BCUT2D eigenvalue weighted by Crippen LogP contribution is -2.50. The summed E-state index contributed by atoms with van der Waals surface area (Å²) < 4.78 is 0. The first kappa shape index (κ1) is 19.3. The molecule has 1 amide bonds. The number of thioether (sulfide) groups is 1. The van der Waals surface area contributed by atoms with Gasteiger partial charge in [0.1, 0.15) is 0 Å². The molecule has 1 aromatic carbocycles. The molecule has 2 rings (SSSR count). The molecule has 1 fully saturated rings. The standard InChI is InChI=1S/C17H26N2OS.ClH/c1-2-3-9-18-16(14-15-7-5-4-6-8-15)17(20)19-10-12-21-13-11-19;/h4-8,16,18H,2-3,9-14H2,1H3;1H/t16-;/m0./s1. The molecule has 0 saturated carbocycles. The van der Waals surface area contributed by atoms with Crippen molar-refractivity contribution in [3.8, 4) is 0 Å². The Morgan fingerprint density at radius 3 is 2.59 bits per heavy atom. The second-order valence-corrected chi connectivity index (χ2v) is 6.71. The van der Waals surface area contributed by atoms with E-state index in [1.54, 1.807) is 0 Å². The van der Waals surface area contributed by atoms with E-state index in [4.69, 9.17) is 0 Å². The van der Waals surface area contributed by atoms with Gasteiger partial charge in [0.25, 0.3) is 0 Å². The lowest BCUT2D eigenvalue weighted by molar-refractivity contribution is -0.133. The van der Waals surface area contributed by atoms with E-state index in [1.807, 2.05) is 34.9 Å². The number of rotatable bonds is 7. The van der Waals surface area contributed by atoms with Gasteiger partial charge < -0.3 is 10.2 Å². The third kappa shape index (κ3) is 6.19. The Balaban J connectivity index is 0.00000242. The van der Waals surface area contributed by atoms with Gasteiger partial charge in [-0.25, -0.2) is 0 Å². The quantitative estimate of drug-likeness (QED) is 0.773. The number of nitrogens with one attached hydrogen (secondary N) is 1. The Hall–Kier alpha value is -0.710. The van der Waals surface area contributed by atoms with Gasteiger partial charge in [-0.2, -0.15) is 11.8 Å². The largest absolute Gasteiger partial charge is 0.340 e. The molecule has 0 radical (unpaired) electrons. The van der Waals surface area contributed by atoms with Crippen LogP contribution in [0.4, 0.5) is 0 Å². The van der Waals surface area contributed by atoms with Crippen molar-refractivity contribution in [3.63, 3.8) is 0 Å². The molecule has 1 saturated heterocycles. The van der Waals surface area contributed by atoms with E-state index in [2.05, 4.69) is 24.4 Å². The zero-order valence-electron chi connectivity index (χ0n) is 13.3. The highest BCUT2D eigenvalue weighted by Gasteiger charge is 2.25. The average Bonchev–Trinajstić information content (AvgIpc) is 2.55. The number of amides is 1. The number of halogens is 1. The van der Waals surface area contributed by atoms with E-state index in [-0.39, 0.29) is 24.4 Å². The van der Waals surface area contributed by atoms with Crippen molar-refractivity contribution in [3.05, 3.63) is 35.9 Å². The van der Waals surface area contributed by atoms with Gasteiger partial charge in [0.05, 0.1) is 6.04 Å². The van der Waals surface area contributed by atoms with Gasteiger partial charge in [-0.15, -0.1) is 12.4 Å². The molecule has 1 atom stereocenters. The van der Waals surface area contributed by atoms with Crippen LogP contribution in [0.25, 0.3) is 0 Å². The number of carbonyl (C=O) groups excluding carboxylic acids is 1. The van der Waals surface area contributed by atoms with Crippen molar-refractivity contribution < 1.29 is 4.79 Å². The van der Waals surface area contributed by atoms with Gasteiger partial charge in [0.2, 0.25) is 5.91 Å². The van der Waals surface area contributed by atoms with E-state index in [9.17, 15) is 4.79 Å². The summed E-state index contributed by atoms with van der Waals surface area (Å²) in [6.45, 7) is 4.88. The molecule has 1 N–H and O–H groups in total. The minimum Gasteiger partial charge on any atom is -0.340 e. The van der Waals surface area contributed by atoms with Gasteiger partial charge >= 0.3 is 0 Å². The van der Waals surface area contributed by atoms with Crippen LogP contribution in [0.3, 0.4) is 0 Å². The Bertz CT molecular complexity index is 424. The van der Waals surface area contributed by atoms with Crippen LogP contribution < -0.4 is 5.32 Å². The van der Waals surface area contributed by atoms with Crippen molar-refractivity contribution in [2.45, 2.75) is 32.2 Å². The molecule has 0 bridgehead atoms. The first-order chi connectivity index (χ1) is 10.3. The maximum absolute atomic E-state index is 12.8. The van der Waals surface area contributed by atoms with Crippen LogP contribution in [0.1, 0.15) is 25.3 Å². The molecule has 0 unspecified atom stereocenters. The molecule has 3 nitrogen and oxygen atoms in total. The summed E-state index contributed by atoms with van der Waals surface area (Å²) in [6, 6.07) is 10.2. The predicted octanol–water partition coefficient (Wildman–Crippen LogP) is 2.98. The molecule has 1 aliphatic rings. The van der Waals surface area contributed by atoms with E-state index < -0.39 is 0 Å². The predicted molar refractivity (Wildman–Crippen MR) is 98.0 cm³/mol. The third-order valence-corrected chi connectivity index (χ3v) is 4.77. The molecule has 0 aliphatic carbocycles. The summed E-state index contributed by atoms with van der Waals surface area (Å²) in [5, 5.41) is 3.47. The maximum Gasteiger partial charge on any atom is 0.240 e. The van der Waals surface area contributed by atoms with Crippen LogP contribution in [0.2, 0.25) is 0 Å². The van der Waals surface area contributed by atoms with E-state index in [0.29, 0.717) is 0 Å². The van der Waals surface area contributed by atoms with Crippen molar-refractivity contribution >= 4 is 30.1 Å². The number of hydrogen-bond donors (Lipinski definition) is 1. The first-order valence-electron chi connectivity index (χ1n) is 7.95. The number of carbonyl (C=O) groups is 1. The Morgan fingerprint density at radius 1 is 1.27 bits per heavy atom. The minimum absolute atomic E-state index is 0. The highest BCUT2D eigenvalue weighted by Crippen LogP contribution is 2.12. The van der Waals surface area contributed by atoms with Crippen LogP contribution in [-0.4, -0.2) is 48.0 Å². The fourth-order valence-electron chi connectivity index (χ4n) is 2.55. The first-order valence-corrected chi connectivity index (χ1v) is 9.10. The normalized spacial score (nSPS) is 16.0. The summed E-state index contributed by atoms with van der Waals surface area (Å²) >= 11 is 1.94. The minimum atomic E-state index is -0.0814. The van der Waals surface area contributed by atoms with Crippen molar-refractivity contribution in [1.82, 2.24) is 10.2 Å². The Morgan fingerprint density at radius 2 is 1.95 bits per heavy atom. The molecule has 0 aromatic heterocycles. The fraction of sp³-hybridized carbons (Fsp3) is 0.588. The Kier molecular flexibility index (Phi) is 9.60. The maximum atomic E-state index is 12.8. The molecule has 22 heavy (non-hydrogen) atoms. The Labute approximate surface area is 144 Å². The van der Waals surface area contributed by atoms with Crippen LogP contribution >= 0.6 is 24.2 Å². The van der Waals surface area contributed by atoms with Crippen LogP contribution in [0.15, 0.2) is 30.3 Å². The molecule has 1 aromatic rings. The number of nitrogens with zero attached hydrogens (tertiary/aromatic N) is 1. The van der Waals surface area contributed by atoms with Crippen LogP contribution in [-0.2, 0) is 11.2 Å².